The number of aromatic nitrogens is 1. The number of nitrogens with one attached hydrogen (secondary N) is 1. The summed E-state index contributed by atoms with van der Waals surface area (Å²) in [5.41, 5.74) is 12.1. The molecule has 5 heteroatoms. The van der Waals surface area contributed by atoms with Gasteiger partial charge in [0, 0.05) is 43.1 Å². The molecule has 2 aromatic rings. The highest BCUT2D eigenvalue weighted by molar-refractivity contribution is 6.08. The Kier molecular flexibility index (Phi) is 9.27. The Morgan fingerprint density at radius 1 is 1.14 bits per heavy atom. The third-order valence-electron chi connectivity index (χ3n) is 5.43. The van der Waals surface area contributed by atoms with Crippen LogP contribution < -0.4 is 5.32 Å². The quantitative estimate of drug-likeness (QED) is 0.217. The van der Waals surface area contributed by atoms with E-state index in [1.165, 1.54) is 0 Å². The van der Waals surface area contributed by atoms with E-state index in [9.17, 15) is 4.79 Å². The number of nitrogens with zero attached hydrogens (tertiary/aromatic N) is 3. The van der Waals surface area contributed by atoms with Crippen LogP contribution in [-0.2, 0) is 6.42 Å². The zero-order valence-corrected chi connectivity index (χ0v) is 20.5. The van der Waals surface area contributed by atoms with Crippen LogP contribution in [0.15, 0.2) is 118 Å². The van der Waals surface area contributed by atoms with Crippen LogP contribution in [-0.4, -0.2) is 29.5 Å². The van der Waals surface area contributed by atoms with E-state index in [0.29, 0.717) is 17.8 Å². The molecule has 5 nitrogen and oxygen atoms in total. The Bertz CT molecular complexity index is 1310. The van der Waals surface area contributed by atoms with Gasteiger partial charge < -0.3 is 5.32 Å². The molecule has 0 aliphatic heterocycles. The van der Waals surface area contributed by atoms with Crippen molar-refractivity contribution < 1.29 is 4.79 Å². The van der Waals surface area contributed by atoms with E-state index in [1.54, 1.807) is 25.5 Å². The van der Waals surface area contributed by atoms with Crippen molar-refractivity contribution in [1.82, 2.24) is 10.3 Å². The topological polar surface area (TPSA) is 66.7 Å². The third kappa shape index (κ3) is 7.62. The summed E-state index contributed by atoms with van der Waals surface area (Å²) in [5, 5.41) is 2.95. The Morgan fingerprint density at radius 2 is 1.94 bits per heavy atom. The Balaban J connectivity index is 1.60. The fraction of sp³-hybridized carbons (Fsp3) is 0.200. The van der Waals surface area contributed by atoms with Crippen molar-refractivity contribution in [1.29, 1.82) is 0 Å². The number of hydrogen-bond donors (Lipinski definition) is 1. The molecule has 1 aromatic carbocycles. The van der Waals surface area contributed by atoms with E-state index in [4.69, 9.17) is 0 Å². The van der Waals surface area contributed by atoms with Crippen molar-refractivity contribution >= 4 is 17.5 Å². The number of hydrogen-bond acceptors (Lipinski definition) is 4. The van der Waals surface area contributed by atoms with Gasteiger partial charge in [0.05, 0.1) is 11.4 Å². The number of aryl methyl sites for hydroxylation is 1. The number of pyridine rings is 1. The first kappa shape index (κ1) is 25.3. The van der Waals surface area contributed by atoms with Gasteiger partial charge in [0.2, 0.25) is 0 Å². The van der Waals surface area contributed by atoms with Gasteiger partial charge in [-0.25, -0.2) is 4.99 Å². The number of benzene rings is 1. The zero-order valence-electron chi connectivity index (χ0n) is 20.5. The van der Waals surface area contributed by atoms with Gasteiger partial charge in [-0.3, -0.25) is 14.8 Å². The van der Waals surface area contributed by atoms with Crippen LogP contribution in [0.25, 0.3) is 0 Å². The van der Waals surface area contributed by atoms with Gasteiger partial charge in [0.1, 0.15) is 5.84 Å². The molecule has 0 atom stereocenters. The minimum Gasteiger partial charge on any atom is -0.310 e. The van der Waals surface area contributed by atoms with E-state index >= 15 is 0 Å². The molecule has 1 aliphatic carbocycles. The van der Waals surface area contributed by atoms with Crippen LogP contribution in [0.3, 0.4) is 0 Å². The summed E-state index contributed by atoms with van der Waals surface area (Å²) < 4.78 is 0. The molecule has 0 saturated carbocycles. The normalized spacial score (nSPS) is 13.6. The first-order valence-electron chi connectivity index (χ1n) is 11.6. The molecule has 0 bridgehead atoms. The van der Waals surface area contributed by atoms with Gasteiger partial charge in [0.25, 0.3) is 5.91 Å². The standard InChI is InChI=1S/C30H30N4O/c1-5-29(33-27-14-7-6-10-23(27)3)34-30(35)25-12-8-11-24(20-25)17-15-22(2)16-18-28(31-4)26-13-9-19-32-21-26/h8-14,16,18-21H,2,5,15,17H2,1,3-4H3,(H,33,34,35)/b18-16-,31-28+. The fourth-order valence-corrected chi connectivity index (χ4v) is 3.38. The van der Waals surface area contributed by atoms with E-state index in [1.807, 2.05) is 68.5 Å². The predicted octanol–water partition coefficient (Wildman–Crippen LogP) is 5.94. The van der Waals surface area contributed by atoms with E-state index in [0.717, 1.165) is 46.5 Å². The van der Waals surface area contributed by atoms with Crippen molar-refractivity contribution in [2.45, 2.75) is 33.1 Å². The molecule has 0 radical (unpaired) electrons. The highest BCUT2D eigenvalue weighted by atomic mass is 16.1. The summed E-state index contributed by atoms with van der Waals surface area (Å²) in [6, 6.07) is 11.5. The molecule has 1 aromatic heterocycles. The SMILES string of the molecule is C=C(/C=C\C(=N/C)c1cccnc1)CCc1cccc(C(=O)N/C(CC)=N/C2=C(C)C=C=C=C2)c1. The molecule has 1 aliphatic rings. The molecule has 35 heavy (non-hydrogen) atoms. The van der Waals surface area contributed by atoms with Gasteiger partial charge >= 0.3 is 0 Å². The minimum absolute atomic E-state index is 0.171. The average molecular weight is 463 g/mol. The number of carbonyl (C=O) groups excluding carboxylic acids is 1. The summed E-state index contributed by atoms with van der Waals surface area (Å²) in [7, 11) is 1.76. The van der Waals surface area contributed by atoms with Crippen molar-refractivity contribution in [3.8, 4) is 0 Å². The molecular formula is C30H30N4O. The predicted molar refractivity (Wildman–Crippen MR) is 144 cm³/mol. The molecule has 176 valence electrons. The van der Waals surface area contributed by atoms with Gasteiger partial charge in [-0.15, -0.1) is 0 Å². The molecule has 0 fully saturated rings. The van der Waals surface area contributed by atoms with Crippen LogP contribution in [0.1, 0.15) is 48.2 Å². The summed E-state index contributed by atoms with van der Waals surface area (Å²) in [6.07, 6.45) is 13.2. The number of rotatable bonds is 9. The van der Waals surface area contributed by atoms with E-state index < -0.39 is 0 Å². The largest absolute Gasteiger partial charge is 0.310 e. The number of amidine groups is 1. The molecule has 3 rings (SSSR count). The van der Waals surface area contributed by atoms with Crippen molar-refractivity contribution in [2.75, 3.05) is 7.05 Å². The maximum Gasteiger partial charge on any atom is 0.256 e. The summed E-state index contributed by atoms with van der Waals surface area (Å²) in [5.74, 6) is 0.444. The van der Waals surface area contributed by atoms with Crippen LogP contribution in [0.2, 0.25) is 0 Å². The highest BCUT2D eigenvalue weighted by Gasteiger charge is 2.10. The molecule has 1 amide bonds. The van der Waals surface area contributed by atoms with Gasteiger partial charge in [-0.05, 0) is 67.3 Å². The van der Waals surface area contributed by atoms with E-state index in [-0.39, 0.29) is 5.91 Å². The second-order valence-corrected chi connectivity index (χ2v) is 8.05. The molecule has 1 N–H and O–H groups in total. The first-order valence-corrected chi connectivity index (χ1v) is 11.6. The lowest BCUT2D eigenvalue weighted by molar-refractivity contribution is 0.0976. The van der Waals surface area contributed by atoms with Crippen LogP contribution >= 0.6 is 0 Å². The van der Waals surface area contributed by atoms with E-state index in [2.05, 4.69) is 38.3 Å². The molecule has 0 spiro atoms. The van der Waals surface area contributed by atoms with Crippen LogP contribution in [0, 0.1) is 0 Å². The summed E-state index contributed by atoms with van der Waals surface area (Å²) in [4.78, 5) is 25.9. The first-order chi connectivity index (χ1) is 17.0. The Hall–Kier alpha value is -4.30. The van der Waals surface area contributed by atoms with Crippen molar-refractivity contribution in [3.63, 3.8) is 0 Å². The third-order valence-corrected chi connectivity index (χ3v) is 5.43. The minimum atomic E-state index is -0.171. The lowest BCUT2D eigenvalue weighted by Gasteiger charge is -2.10. The maximum atomic E-state index is 12.9. The molecular weight excluding hydrogens is 432 g/mol. The smallest absolute Gasteiger partial charge is 0.256 e. The number of allylic oxidation sites excluding steroid dienone is 6. The lowest BCUT2D eigenvalue weighted by Crippen LogP contribution is -2.30. The average Bonchev–Trinajstić information content (AvgIpc) is 2.89. The van der Waals surface area contributed by atoms with Crippen molar-refractivity contribution in [2.24, 2.45) is 9.98 Å². The number of carbonyl (C=O) groups is 1. The Labute approximate surface area is 207 Å². The van der Waals surface area contributed by atoms with Crippen molar-refractivity contribution in [3.05, 3.63) is 125 Å². The molecule has 0 unspecified atom stereocenters. The fourth-order valence-electron chi connectivity index (χ4n) is 3.38. The van der Waals surface area contributed by atoms with Gasteiger partial charge in [-0.2, -0.15) is 0 Å². The number of aliphatic imine (C=N–C) groups is 2. The highest BCUT2D eigenvalue weighted by Crippen LogP contribution is 2.14. The summed E-state index contributed by atoms with van der Waals surface area (Å²) >= 11 is 0. The second kappa shape index (κ2) is 12.8. The van der Waals surface area contributed by atoms with Gasteiger partial charge in [0.15, 0.2) is 0 Å². The molecule has 0 saturated heterocycles. The summed E-state index contributed by atoms with van der Waals surface area (Å²) in [6.45, 7) is 8.09. The lowest BCUT2D eigenvalue weighted by atomic mass is 10.0. The molecule has 1 heterocycles. The maximum absolute atomic E-state index is 12.9. The monoisotopic (exact) mass is 462 g/mol. The van der Waals surface area contributed by atoms with Crippen LogP contribution in [0.5, 0.6) is 0 Å². The van der Waals surface area contributed by atoms with Crippen LogP contribution in [0.4, 0.5) is 0 Å². The Morgan fingerprint density at radius 3 is 2.66 bits per heavy atom. The van der Waals surface area contributed by atoms with Gasteiger partial charge in [-0.1, -0.05) is 48.7 Å². The zero-order chi connectivity index (χ0) is 25.0. The second-order valence-electron chi connectivity index (χ2n) is 8.05. The number of amides is 1.